The molecule has 1 amide bonds. The van der Waals surface area contributed by atoms with Crippen LogP contribution in [-0.4, -0.2) is 20.4 Å². The lowest BCUT2D eigenvalue weighted by Crippen LogP contribution is -2.24. The zero-order valence-electron chi connectivity index (χ0n) is 10.6. The first-order chi connectivity index (χ1) is 9.75. The third-order valence-electron chi connectivity index (χ3n) is 2.76. The molecule has 100 valence electrons. The Kier molecular flexibility index (Phi) is 3.26. The third-order valence-corrected chi connectivity index (χ3v) is 3.88. The fraction of sp³-hybridized carbons (Fsp3) is 0.0769. The number of nitrogens with one attached hydrogen (secondary N) is 1. The predicted octanol–water partition coefficient (Wildman–Crippen LogP) is 1.28. The number of aryl methyl sites for hydroxylation is 1. The first-order valence-corrected chi connectivity index (χ1v) is 6.72. The number of thiazole rings is 1. The van der Waals surface area contributed by atoms with Crippen molar-refractivity contribution in [3.05, 3.63) is 53.4 Å². The van der Waals surface area contributed by atoms with Gasteiger partial charge in [-0.1, -0.05) is 23.5 Å². The van der Waals surface area contributed by atoms with Crippen LogP contribution in [0.2, 0.25) is 0 Å². The number of nitrogens with zero attached hydrogens (tertiary/aromatic N) is 4. The van der Waals surface area contributed by atoms with E-state index in [-0.39, 0.29) is 11.6 Å². The lowest BCUT2D eigenvalue weighted by atomic mass is 10.3. The molecule has 0 aliphatic heterocycles. The highest BCUT2D eigenvalue weighted by Gasteiger charge is 2.06. The largest absolute Gasteiger partial charge is 0.318 e. The van der Waals surface area contributed by atoms with Crippen LogP contribution >= 0.6 is 11.3 Å². The van der Waals surface area contributed by atoms with Crippen LogP contribution in [-0.2, 0) is 7.05 Å². The maximum atomic E-state index is 11.8. The molecule has 0 fully saturated rings. The molecule has 0 unspecified atom stereocenters. The predicted molar refractivity (Wildman–Crippen MR) is 75.9 cm³/mol. The number of carbonyl (C=O) groups excluding carboxylic acids is 1. The average Bonchev–Trinajstić information content (AvgIpc) is 2.83. The minimum atomic E-state index is -0.379. The second kappa shape index (κ2) is 5.22. The summed E-state index contributed by atoms with van der Waals surface area (Å²) in [6.07, 6.45) is 4.38. The number of benzene rings is 1. The third kappa shape index (κ3) is 2.30. The van der Waals surface area contributed by atoms with Gasteiger partial charge in [0.25, 0.3) is 5.91 Å². The van der Waals surface area contributed by atoms with Gasteiger partial charge in [0.1, 0.15) is 5.69 Å². The maximum absolute atomic E-state index is 11.8. The molecular formula is C13H11N5OS. The smallest absolute Gasteiger partial charge is 0.291 e. The van der Waals surface area contributed by atoms with Gasteiger partial charge in [-0.05, 0) is 12.1 Å². The lowest BCUT2D eigenvalue weighted by Gasteiger charge is -1.97. The fourth-order valence-electron chi connectivity index (χ4n) is 1.76. The highest BCUT2D eigenvalue weighted by molar-refractivity contribution is 7.16. The van der Waals surface area contributed by atoms with Gasteiger partial charge in [-0.25, -0.2) is 10.4 Å². The highest BCUT2D eigenvalue weighted by atomic mass is 32.1. The summed E-state index contributed by atoms with van der Waals surface area (Å²) < 4.78 is 3.04. The normalized spacial score (nSPS) is 11.8. The second-order valence-corrected chi connectivity index (χ2v) is 5.06. The summed E-state index contributed by atoms with van der Waals surface area (Å²) in [6, 6.07) is 7.97. The number of rotatable bonds is 2. The maximum Gasteiger partial charge on any atom is 0.291 e. The fourth-order valence-corrected chi connectivity index (χ4v) is 2.74. The highest BCUT2D eigenvalue weighted by Crippen LogP contribution is 2.14. The molecule has 0 saturated carbocycles. The standard InChI is InChI=1S/C13H11N5OS/c1-18-10-4-2-3-5-11(10)20-13(18)17-16-12(19)9-8-14-6-7-15-9/h2-8H,1H3,(H,16,19)/b17-13-. The molecule has 1 N–H and O–H groups in total. The summed E-state index contributed by atoms with van der Waals surface area (Å²) in [4.78, 5) is 20.3. The van der Waals surface area contributed by atoms with E-state index in [0.717, 1.165) is 10.2 Å². The molecule has 6 nitrogen and oxygen atoms in total. The Bertz CT molecular complexity index is 821. The van der Waals surface area contributed by atoms with Crippen LogP contribution in [0.25, 0.3) is 10.2 Å². The van der Waals surface area contributed by atoms with E-state index in [1.54, 1.807) is 0 Å². The monoisotopic (exact) mass is 285 g/mol. The molecule has 0 bridgehead atoms. The summed E-state index contributed by atoms with van der Waals surface area (Å²) in [5.74, 6) is -0.379. The van der Waals surface area contributed by atoms with Crippen molar-refractivity contribution in [3.63, 3.8) is 0 Å². The number of aromatic nitrogens is 3. The number of hydrogen-bond donors (Lipinski definition) is 1. The average molecular weight is 285 g/mol. The Balaban J connectivity index is 1.92. The van der Waals surface area contributed by atoms with Gasteiger partial charge in [0.2, 0.25) is 4.80 Å². The van der Waals surface area contributed by atoms with Gasteiger partial charge >= 0.3 is 0 Å². The summed E-state index contributed by atoms with van der Waals surface area (Å²) >= 11 is 1.51. The number of fused-ring (bicyclic) bond motifs is 1. The number of hydrogen-bond acceptors (Lipinski definition) is 5. The van der Waals surface area contributed by atoms with Crippen molar-refractivity contribution in [2.75, 3.05) is 0 Å². The van der Waals surface area contributed by atoms with Crippen molar-refractivity contribution in [2.45, 2.75) is 0 Å². The molecule has 2 aromatic heterocycles. The Morgan fingerprint density at radius 2 is 2.20 bits per heavy atom. The molecule has 1 aromatic carbocycles. The van der Waals surface area contributed by atoms with Gasteiger partial charge in [-0.3, -0.25) is 9.78 Å². The number of carbonyl (C=O) groups is 1. The topological polar surface area (TPSA) is 72.2 Å². The Labute approximate surface area is 118 Å². The van der Waals surface area contributed by atoms with Crippen molar-refractivity contribution < 1.29 is 4.79 Å². The minimum absolute atomic E-state index is 0.236. The molecule has 2 heterocycles. The SMILES string of the molecule is Cn1/c(=N/NC(=O)c2cnccn2)sc2ccccc21. The molecule has 0 saturated heterocycles. The van der Waals surface area contributed by atoms with E-state index in [9.17, 15) is 4.79 Å². The molecular weight excluding hydrogens is 274 g/mol. The van der Waals surface area contributed by atoms with Crippen molar-refractivity contribution in [1.29, 1.82) is 0 Å². The quantitative estimate of drug-likeness (QED) is 0.721. The van der Waals surface area contributed by atoms with Gasteiger partial charge in [0, 0.05) is 19.4 Å². The molecule has 3 rings (SSSR count). The summed E-state index contributed by atoms with van der Waals surface area (Å²) in [6.45, 7) is 0. The summed E-state index contributed by atoms with van der Waals surface area (Å²) in [7, 11) is 1.91. The van der Waals surface area contributed by atoms with Crippen molar-refractivity contribution in [2.24, 2.45) is 12.1 Å². The molecule has 0 spiro atoms. The van der Waals surface area contributed by atoms with Crippen LogP contribution < -0.4 is 10.2 Å². The van der Waals surface area contributed by atoms with Gasteiger partial charge in [-0.15, -0.1) is 5.10 Å². The molecule has 7 heteroatoms. The van der Waals surface area contributed by atoms with E-state index in [1.807, 2.05) is 35.9 Å². The van der Waals surface area contributed by atoms with Crippen LogP contribution in [0.5, 0.6) is 0 Å². The van der Waals surface area contributed by atoms with Crippen LogP contribution in [0.4, 0.5) is 0 Å². The van der Waals surface area contributed by atoms with Gasteiger partial charge in [0.05, 0.1) is 16.4 Å². The Morgan fingerprint density at radius 1 is 1.35 bits per heavy atom. The van der Waals surface area contributed by atoms with Gasteiger partial charge in [-0.2, -0.15) is 0 Å². The van der Waals surface area contributed by atoms with Crippen LogP contribution in [0.1, 0.15) is 10.5 Å². The van der Waals surface area contributed by atoms with E-state index < -0.39 is 0 Å². The molecule has 20 heavy (non-hydrogen) atoms. The number of para-hydroxylation sites is 1. The van der Waals surface area contributed by atoms with E-state index in [1.165, 1.54) is 29.9 Å². The molecule has 0 aliphatic carbocycles. The molecule has 0 atom stereocenters. The first-order valence-electron chi connectivity index (χ1n) is 5.90. The van der Waals surface area contributed by atoms with Gasteiger partial charge < -0.3 is 4.57 Å². The number of amides is 1. The van der Waals surface area contributed by atoms with E-state index in [0.29, 0.717) is 4.80 Å². The Morgan fingerprint density at radius 3 is 2.95 bits per heavy atom. The minimum Gasteiger partial charge on any atom is -0.318 e. The zero-order valence-corrected chi connectivity index (χ0v) is 11.5. The van der Waals surface area contributed by atoms with E-state index in [4.69, 9.17) is 0 Å². The summed E-state index contributed by atoms with van der Waals surface area (Å²) in [5, 5.41) is 4.13. The van der Waals surface area contributed by atoms with Gasteiger partial charge in [0.15, 0.2) is 0 Å². The zero-order chi connectivity index (χ0) is 13.9. The Hall–Kier alpha value is -2.54. The molecule has 0 aliphatic rings. The van der Waals surface area contributed by atoms with Crippen molar-refractivity contribution in [3.8, 4) is 0 Å². The van der Waals surface area contributed by atoms with Crippen LogP contribution in [0, 0.1) is 0 Å². The van der Waals surface area contributed by atoms with E-state index >= 15 is 0 Å². The van der Waals surface area contributed by atoms with Crippen LogP contribution in [0.3, 0.4) is 0 Å². The molecule has 3 aromatic rings. The van der Waals surface area contributed by atoms with Crippen LogP contribution in [0.15, 0.2) is 48.0 Å². The molecule has 0 radical (unpaired) electrons. The van der Waals surface area contributed by atoms with Crippen molar-refractivity contribution in [1.82, 2.24) is 20.0 Å². The van der Waals surface area contributed by atoms with Crippen molar-refractivity contribution >= 4 is 27.5 Å². The lowest BCUT2D eigenvalue weighted by molar-refractivity contribution is 0.0947. The summed E-state index contributed by atoms with van der Waals surface area (Å²) in [5.41, 5.74) is 3.80. The van der Waals surface area contributed by atoms with E-state index in [2.05, 4.69) is 20.5 Å². The first kappa shape index (κ1) is 12.5. The second-order valence-electron chi connectivity index (χ2n) is 4.05.